The average molecular weight is 407 g/mol. The number of benzene rings is 2. The number of hydrogen-bond donors (Lipinski definition) is 0. The van der Waals surface area contributed by atoms with Crippen molar-refractivity contribution in [3.8, 4) is 5.75 Å². The van der Waals surface area contributed by atoms with E-state index in [4.69, 9.17) is 4.74 Å². The molecule has 1 saturated carbocycles. The van der Waals surface area contributed by atoms with Gasteiger partial charge in [0.25, 0.3) is 0 Å². The largest absolute Gasteiger partial charge is 0.423 e. The van der Waals surface area contributed by atoms with E-state index in [0.29, 0.717) is 22.8 Å². The molecule has 1 aliphatic carbocycles. The van der Waals surface area contributed by atoms with E-state index in [9.17, 15) is 9.59 Å². The molecule has 2 aromatic rings. The lowest BCUT2D eigenvalue weighted by atomic mass is 9.77. The number of carbonyl (C=O) groups is 2. The Labute approximate surface area is 180 Å². The highest BCUT2D eigenvalue weighted by Crippen LogP contribution is 2.37. The van der Waals surface area contributed by atoms with Gasteiger partial charge < -0.3 is 4.74 Å². The molecule has 0 aromatic heterocycles. The normalized spacial score (nSPS) is 19.3. The van der Waals surface area contributed by atoms with Crippen molar-refractivity contribution in [1.82, 2.24) is 0 Å². The molecule has 3 nitrogen and oxygen atoms in total. The SMILES string of the molecule is CCCC1CCC(c2ccc(C(=O)Oc3ccc(C(=O)C(C)(C)C)cc3)cc2)CC1. The van der Waals surface area contributed by atoms with Crippen LogP contribution in [0, 0.1) is 11.3 Å². The number of esters is 1. The van der Waals surface area contributed by atoms with Gasteiger partial charge in [0.1, 0.15) is 5.75 Å². The highest BCUT2D eigenvalue weighted by atomic mass is 16.5. The van der Waals surface area contributed by atoms with Gasteiger partial charge in [0.05, 0.1) is 5.56 Å². The van der Waals surface area contributed by atoms with Gasteiger partial charge in [-0.25, -0.2) is 4.79 Å². The number of ketones is 1. The summed E-state index contributed by atoms with van der Waals surface area (Å²) in [5.41, 5.74) is 2.06. The number of Topliss-reactive ketones (excluding diaryl/α,β-unsaturated/α-hetero) is 1. The van der Waals surface area contributed by atoms with Crippen LogP contribution < -0.4 is 4.74 Å². The quantitative estimate of drug-likeness (QED) is 0.289. The second kappa shape index (κ2) is 9.59. The maximum Gasteiger partial charge on any atom is 0.343 e. The van der Waals surface area contributed by atoms with Gasteiger partial charge in [-0.05, 0) is 79.5 Å². The Morgan fingerprint density at radius 1 is 0.867 bits per heavy atom. The summed E-state index contributed by atoms with van der Waals surface area (Å²) in [6.45, 7) is 7.95. The lowest BCUT2D eigenvalue weighted by Gasteiger charge is -2.28. The van der Waals surface area contributed by atoms with Crippen LogP contribution in [0.4, 0.5) is 0 Å². The highest BCUT2D eigenvalue weighted by molar-refractivity contribution is 6.00. The van der Waals surface area contributed by atoms with Crippen molar-refractivity contribution in [3.05, 3.63) is 65.2 Å². The smallest absolute Gasteiger partial charge is 0.343 e. The van der Waals surface area contributed by atoms with E-state index in [1.807, 2.05) is 32.9 Å². The molecule has 0 unspecified atom stereocenters. The molecule has 3 heteroatoms. The summed E-state index contributed by atoms with van der Waals surface area (Å²) < 4.78 is 5.50. The Balaban J connectivity index is 1.58. The van der Waals surface area contributed by atoms with Crippen LogP contribution >= 0.6 is 0 Å². The van der Waals surface area contributed by atoms with E-state index in [0.717, 1.165) is 5.92 Å². The molecule has 1 fully saturated rings. The summed E-state index contributed by atoms with van der Waals surface area (Å²) in [5.74, 6) is 1.65. The van der Waals surface area contributed by atoms with Crippen molar-refractivity contribution in [3.63, 3.8) is 0 Å². The first kappa shape index (κ1) is 22.3. The fraction of sp³-hybridized carbons (Fsp3) is 0.481. The minimum absolute atomic E-state index is 0.0692. The van der Waals surface area contributed by atoms with Gasteiger partial charge in [0, 0.05) is 11.0 Å². The van der Waals surface area contributed by atoms with Crippen molar-refractivity contribution in [2.75, 3.05) is 0 Å². The van der Waals surface area contributed by atoms with Crippen molar-refractivity contribution in [1.29, 1.82) is 0 Å². The van der Waals surface area contributed by atoms with Gasteiger partial charge in [-0.3, -0.25) is 4.79 Å². The van der Waals surface area contributed by atoms with E-state index >= 15 is 0 Å². The summed E-state index contributed by atoms with van der Waals surface area (Å²) in [5, 5.41) is 0. The van der Waals surface area contributed by atoms with Crippen molar-refractivity contribution < 1.29 is 14.3 Å². The zero-order chi connectivity index (χ0) is 21.7. The van der Waals surface area contributed by atoms with Crippen LogP contribution in [0.3, 0.4) is 0 Å². The van der Waals surface area contributed by atoms with Gasteiger partial charge in [-0.2, -0.15) is 0 Å². The molecule has 0 spiro atoms. The molecule has 0 bridgehead atoms. The molecule has 160 valence electrons. The van der Waals surface area contributed by atoms with Crippen LogP contribution in [0.25, 0.3) is 0 Å². The van der Waals surface area contributed by atoms with Crippen LogP contribution in [0.1, 0.15) is 98.4 Å². The molecule has 2 aromatic carbocycles. The minimum atomic E-state index is -0.435. The zero-order valence-electron chi connectivity index (χ0n) is 18.7. The summed E-state index contributed by atoms with van der Waals surface area (Å²) in [7, 11) is 0. The van der Waals surface area contributed by atoms with Gasteiger partial charge in [-0.1, -0.05) is 52.7 Å². The minimum Gasteiger partial charge on any atom is -0.423 e. The topological polar surface area (TPSA) is 43.4 Å². The van der Waals surface area contributed by atoms with Crippen LogP contribution in [0.2, 0.25) is 0 Å². The second-order valence-electron chi connectivity index (χ2n) is 9.62. The van der Waals surface area contributed by atoms with Crippen LogP contribution in [0.15, 0.2) is 48.5 Å². The molecule has 0 radical (unpaired) electrons. The molecule has 0 amide bonds. The molecular formula is C27H34O3. The highest BCUT2D eigenvalue weighted by Gasteiger charge is 2.23. The van der Waals surface area contributed by atoms with Crippen molar-refractivity contribution >= 4 is 11.8 Å². The summed E-state index contributed by atoms with van der Waals surface area (Å²) in [4.78, 5) is 24.8. The summed E-state index contributed by atoms with van der Waals surface area (Å²) >= 11 is 0. The molecule has 0 aliphatic heterocycles. The van der Waals surface area contributed by atoms with E-state index in [-0.39, 0.29) is 11.8 Å². The van der Waals surface area contributed by atoms with Crippen LogP contribution in [0.5, 0.6) is 5.75 Å². The van der Waals surface area contributed by atoms with E-state index < -0.39 is 5.41 Å². The Kier molecular flexibility index (Phi) is 7.12. The number of hydrogen-bond acceptors (Lipinski definition) is 3. The molecule has 30 heavy (non-hydrogen) atoms. The fourth-order valence-corrected chi connectivity index (χ4v) is 4.36. The molecule has 0 atom stereocenters. The maximum atomic E-state index is 12.5. The van der Waals surface area contributed by atoms with Crippen LogP contribution in [-0.4, -0.2) is 11.8 Å². The third-order valence-corrected chi connectivity index (χ3v) is 6.17. The standard InChI is InChI=1S/C27H34O3/c1-5-6-19-7-9-20(10-8-19)21-11-13-23(14-12-21)26(29)30-24-17-15-22(16-18-24)25(28)27(2,3)4/h11-20H,5-10H2,1-4H3. The Hall–Kier alpha value is -2.42. The first-order chi connectivity index (χ1) is 14.3. The van der Waals surface area contributed by atoms with Gasteiger partial charge in [-0.15, -0.1) is 0 Å². The monoisotopic (exact) mass is 406 g/mol. The first-order valence-electron chi connectivity index (χ1n) is 11.2. The Morgan fingerprint density at radius 3 is 1.97 bits per heavy atom. The van der Waals surface area contributed by atoms with E-state index in [2.05, 4.69) is 19.1 Å². The Morgan fingerprint density at radius 2 is 1.43 bits per heavy atom. The number of carbonyl (C=O) groups excluding carboxylic acids is 2. The van der Waals surface area contributed by atoms with Crippen molar-refractivity contribution in [2.24, 2.45) is 11.3 Å². The number of ether oxygens (including phenoxy) is 1. The van der Waals surface area contributed by atoms with E-state index in [1.165, 1.54) is 44.1 Å². The third-order valence-electron chi connectivity index (χ3n) is 6.17. The number of rotatable bonds is 6. The predicted octanol–water partition coefficient (Wildman–Crippen LogP) is 7.21. The van der Waals surface area contributed by atoms with Gasteiger partial charge in [0.15, 0.2) is 5.78 Å². The van der Waals surface area contributed by atoms with E-state index in [1.54, 1.807) is 24.3 Å². The first-order valence-corrected chi connectivity index (χ1v) is 11.2. The maximum absolute atomic E-state index is 12.5. The molecule has 0 N–H and O–H groups in total. The predicted molar refractivity (Wildman–Crippen MR) is 121 cm³/mol. The zero-order valence-corrected chi connectivity index (χ0v) is 18.7. The lowest BCUT2D eigenvalue weighted by molar-refractivity contribution is 0.0734. The fourth-order valence-electron chi connectivity index (χ4n) is 4.36. The van der Waals surface area contributed by atoms with Crippen LogP contribution in [-0.2, 0) is 0 Å². The summed E-state index contributed by atoms with van der Waals surface area (Å²) in [6, 6.07) is 14.7. The second-order valence-corrected chi connectivity index (χ2v) is 9.62. The van der Waals surface area contributed by atoms with Gasteiger partial charge in [0.2, 0.25) is 0 Å². The van der Waals surface area contributed by atoms with Crippen molar-refractivity contribution in [2.45, 2.75) is 72.1 Å². The average Bonchev–Trinajstić information content (AvgIpc) is 2.74. The Bertz CT molecular complexity index is 848. The third kappa shape index (κ3) is 5.59. The lowest BCUT2D eigenvalue weighted by Crippen LogP contribution is -2.20. The molecule has 0 heterocycles. The van der Waals surface area contributed by atoms with Gasteiger partial charge >= 0.3 is 5.97 Å². The molecular weight excluding hydrogens is 372 g/mol. The molecule has 0 saturated heterocycles. The summed E-state index contributed by atoms with van der Waals surface area (Å²) in [6.07, 6.45) is 7.75. The molecule has 1 aliphatic rings. The molecule has 3 rings (SSSR count).